The lowest BCUT2D eigenvalue weighted by atomic mass is 10.1. The zero-order valence-corrected chi connectivity index (χ0v) is 13.4. The van der Waals surface area contributed by atoms with E-state index in [4.69, 9.17) is 4.74 Å². The molecule has 0 radical (unpaired) electrons. The minimum Gasteiger partial charge on any atom is -0.506 e. The van der Waals surface area contributed by atoms with Gasteiger partial charge in [-0.1, -0.05) is 0 Å². The van der Waals surface area contributed by atoms with Gasteiger partial charge < -0.3 is 20.3 Å². The summed E-state index contributed by atoms with van der Waals surface area (Å²) in [6, 6.07) is -0.443. The highest BCUT2D eigenvalue weighted by Gasteiger charge is 2.20. The molecule has 1 aromatic heterocycles. The molecule has 1 aromatic rings. The number of ether oxygens (including phenoxy) is 1. The van der Waals surface area contributed by atoms with Gasteiger partial charge in [-0.25, -0.2) is 0 Å². The Bertz CT molecular complexity index is 482. The zero-order valence-electron chi connectivity index (χ0n) is 12.5. The Labute approximate surface area is 128 Å². The Morgan fingerprint density at radius 3 is 2.86 bits per heavy atom. The quantitative estimate of drug-likeness (QED) is 0.616. The summed E-state index contributed by atoms with van der Waals surface area (Å²) in [5.41, 5.74) is 1.59. The van der Waals surface area contributed by atoms with E-state index in [0.29, 0.717) is 23.2 Å². The molecule has 1 atom stereocenters. The van der Waals surface area contributed by atoms with Gasteiger partial charge in [0.1, 0.15) is 11.8 Å². The molecule has 0 aliphatic rings. The van der Waals surface area contributed by atoms with Crippen molar-refractivity contribution in [3.63, 3.8) is 0 Å². The number of aromatic nitrogens is 1. The number of hydrogen-bond donors (Lipinski definition) is 3. The summed E-state index contributed by atoms with van der Waals surface area (Å²) in [4.78, 5) is 15.7. The molecule has 0 bridgehead atoms. The van der Waals surface area contributed by atoms with Crippen molar-refractivity contribution >= 4 is 17.7 Å². The van der Waals surface area contributed by atoms with E-state index in [2.05, 4.69) is 10.3 Å². The average Bonchev–Trinajstić information content (AvgIpc) is 2.50. The number of hydrogen-bond acceptors (Lipinski definition) is 7. The fourth-order valence-electron chi connectivity index (χ4n) is 1.92. The lowest BCUT2D eigenvalue weighted by Gasteiger charge is -2.18. The van der Waals surface area contributed by atoms with E-state index in [0.717, 1.165) is 5.75 Å². The molecule has 0 aliphatic carbocycles. The van der Waals surface area contributed by atoms with Crippen LogP contribution in [0.3, 0.4) is 0 Å². The Kier molecular flexibility index (Phi) is 7.49. The third-order valence-electron chi connectivity index (χ3n) is 3.22. The number of nitrogens with zero attached hydrogens (tertiary/aromatic N) is 1. The van der Waals surface area contributed by atoms with E-state index in [1.54, 1.807) is 18.7 Å². The first-order valence-corrected chi connectivity index (χ1v) is 8.01. The third kappa shape index (κ3) is 4.87. The molecule has 0 fully saturated rings. The molecule has 0 aromatic carbocycles. The summed E-state index contributed by atoms with van der Waals surface area (Å²) in [7, 11) is 1.35. The number of aliphatic hydroxyl groups is 1. The molecule has 7 heteroatoms. The predicted octanol–water partition coefficient (Wildman–Crippen LogP) is 0.972. The lowest BCUT2D eigenvalue weighted by molar-refractivity contribution is -0.143. The van der Waals surface area contributed by atoms with E-state index in [1.807, 2.05) is 6.26 Å². The maximum atomic E-state index is 11.7. The van der Waals surface area contributed by atoms with Crippen LogP contribution in [-0.4, -0.2) is 46.3 Å². The number of carbonyl (C=O) groups excluding carboxylic acids is 1. The Morgan fingerprint density at radius 2 is 2.29 bits per heavy atom. The minimum absolute atomic E-state index is 0.0440. The van der Waals surface area contributed by atoms with Crippen molar-refractivity contribution in [2.45, 2.75) is 32.5 Å². The number of esters is 1. The zero-order chi connectivity index (χ0) is 15.8. The molecule has 1 heterocycles. The fraction of sp³-hybridized carbons (Fsp3) is 0.571. The van der Waals surface area contributed by atoms with Crippen LogP contribution in [0.15, 0.2) is 6.20 Å². The summed E-state index contributed by atoms with van der Waals surface area (Å²) in [5.74, 6) is 0.531. The molecule has 3 N–H and O–H groups in total. The maximum absolute atomic E-state index is 11.7. The monoisotopic (exact) mass is 314 g/mol. The van der Waals surface area contributed by atoms with E-state index in [-0.39, 0.29) is 24.9 Å². The van der Waals surface area contributed by atoms with Gasteiger partial charge in [0.2, 0.25) is 0 Å². The second-order valence-corrected chi connectivity index (χ2v) is 5.58. The molecule has 118 valence electrons. The summed E-state index contributed by atoms with van der Waals surface area (Å²) in [6.45, 7) is 1.73. The molecule has 1 unspecified atom stereocenters. The molecule has 1 rings (SSSR count). The van der Waals surface area contributed by atoms with Gasteiger partial charge in [-0.3, -0.25) is 9.78 Å². The van der Waals surface area contributed by atoms with Crippen LogP contribution in [0.1, 0.15) is 23.2 Å². The number of pyridine rings is 1. The molecular formula is C14H22N2O4S. The average molecular weight is 314 g/mol. The predicted molar refractivity (Wildman–Crippen MR) is 82.2 cm³/mol. The van der Waals surface area contributed by atoms with Crippen LogP contribution in [0, 0.1) is 6.92 Å². The van der Waals surface area contributed by atoms with Gasteiger partial charge >= 0.3 is 5.97 Å². The first-order valence-electron chi connectivity index (χ1n) is 6.62. The summed E-state index contributed by atoms with van der Waals surface area (Å²) in [6.07, 6.45) is 4.13. The van der Waals surface area contributed by atoms with Gasteiger partial charge in [-0.05, 0) is 25.4 Å². The van der Waals surface area contributed by atoms with Crippen molar-refractivity contribution in [2.75, 3.05) is 19.1 Å². The molecule has 6 nitrogen and oxygen atoms in total. The Hall–Kier alpha value is -1.31. The number of thioether (sulfide) groups is 1. The number of aryl methyl sites for hydroxylation is 1. The van der Waals surface area contributed by atoms with E-state index in [9.17, 15) is 15.0 Å². The van der Waals surface area contributed by atoms with E-state index < -0.39 is 6.04 Å². The lowest BCUT2D eigenvalue weighted by Crippen LogP contribution is -2.38. The van der Waals surface area contributed by atoms with Crippen LogP contribution < -0.4 is 5.32 Å². The third-order valence-corrected chi connectivity index (χ3v) is 3.87. The summed E-state index contributed by atoms with van der Waals surface area (Å²) in [5, 5.41) is 22.5. The molecule has 21 heavy (non-hydrogen) atoms. The standard InChI is InChI=1S/C14H22N2O4S/c1-9-13(18)11(10(8-17)6-15-9)7-16-12(4-5-21-3)14(19)20-2/h6,12,16-18H,4-5,7-8H2,1-3H3. The highest BCUT2D eigenvalue weighted by Crippen LogP contribution is 2.23. The Balaban J connectivity index is 2.84. The molecule has 0 aliphatic heterocycles. The highest BCUT2D eigenvalue weighted by molar-refractivity contribution is 7.98. The SMILES string of the molecule is COC(=O)C(CCSC)NCc1c(CO)cnc(C)c1O. The van der Waals surface area contributed by atoms with Crippen molar-refractivity contribution < 1.29 is 19.7 Å². The number of aromatic hydroxyl groups is 1. The minimum atomic E-state index is -0.443. The van der Waals surface area contributed by atoms with Crippen LogP contribution in [0.25, 0.3) is 0 Å². The number of carbonyl (C=O) groups is 1. The van der Waals surface area contributed by atoms with Crippen LogP contribution in [0.2, 0.25) is 0 Å². The number of methoxy groups -OCH3 is 1. The molecule has 0 spiro atoms. The second kappa shape index (κ2) is 8.86. The summed E-state index contributed by atoms with van der Waals surface area (Å²) < 4.78 is 4.77. The Morgan fingerprint density at radius 1 is 1.57 bits per heavy atom. The fourth-order valence-corrected chi connectivity index (χ4v) is 2.40. The normalized spacial score (nSPS) is 12.2. The smallest absolute Gasteiger partial charge is 0.322 e. The molecular weight excluding hydrogens is 292 g/mol. The number of rotatable bonds is 8. The largest absolute Gasteiger partial charge is 0.506 e. The van der Waals surface area contributed by atoms with Crippen LogP contribution >= 0.6 is 11.8 Å². The van der Waals surface area contributed by atoms with Crippen molar-refractivity contribution in [1.82, 2.24) is 10.3 Å². The van der Waals surface area contributed by atoms with Crippen molar-refractivity contribution in [3.05, 3.63) is 23.0 Å². The van der Waals surface area contributed by atoms with Crippen LogP contribution in [0.5, 0.6) is 5.75 Å². The van der Waals surface area contributed by atoms with Crippen molar-refractivity contribution in [1.29, 1.82) is 0 Å². The summed E-state index contributed by atoms with van der Waals surface area (Å²) >= 11 is 1.65. The van der Waals surface area contributed by atoms with Crippen LogP contribution in [-0.2, 0) is 22.7 Å². The topological polar surface area (TPSA) is 91.7 Å². The van der Waals surface area contributed by atoms with Crippen LogP contribution in [0.4, 0.5) is 0 Å². The van der Waals surface area contributed by atoms with Gasteiger partial charge in [-0.15, -0.1) is 0 Å². The van der Waals surface area contributed by atoms with Gasteiger partial charge in [0.05, 0.1) is 19.4 Å². The molecule has 0 saturated carbocycles. The van der Waals surface area contributed by atoms with Gasteiger partial charge in [0.25, 0.3) is 0 Å². The molecule has 0 saturated heterocycles. The maximum Gasteiger partial charge on any atom is 0.322 e. The van der Waals surface area contributed by atoms with Crippen molar-refractivity contribution in [2.24, 2.45) is 0 Å². The van der Waals surface area contributed by atoms with E-state index in [1.165, 1.54) is 13.3 Å². The highest BCUT2D eigenvalue weighted by atomic mass is 32.2. The first-order chi connectivity index (χ1) is 10.0. The van der Waals surface area contributed by atoms with Crippen molar-refractivity contribution in [3.8, 4) is 5.75 Å². The van der Waals surface area contributed by atoms with Gasteiger partial charge in [0.15, 0.2) is 0 Å². The number of aliphatic hydroxyl groups excluding tert-OH is 1. The molecule has 0 amide bonds. The van der Waals surface area contributed by atoms with Gasteiger partial charge in [0, 0.05) is 23.9 Å². The van der Waals surface area contributed by atoms with Gasteiger partial charge in [-0.2, -0.15) is 11.8 Å². The first kappa shape index (κ1) is 17.7. The number of nitrogens with one attached hydrogen (secondary N) is 1. The van der Waals surface area contributed by atoms with E-state index >= 15 is 0 Å². The second-order valence-electron chi connectivity index (χ2n) is 4.59.